The first-order valence-electron chi connectivity index (χ1n) is 10.9. The maximum Gasteiger partial charge on any atom is 0.251 e. The van der Waals surface area contributed by atoms with E-state index in [4.69, 9.17) is 9.47 Å². The minimum absolute atomic E-state index is 0.0348. The van der Waals surface area contributed by atoms with Gasteiger partial charge in [-0.05, 0) is 74.9 Å². The van der Waals surface area contributed by atoms with Gasteiger partial charge >= 0.3 is 0 Å². The van der Waals surface area contributed by atoms with Gasteiger partial charge in [-0.15, -0.1) is 0 Å². The number of piperidine rings is 1. The van der Waals surface area contributed by atoms with Crippen LogP contribution in [0.5, 0.6) is 5.75 Å². The van der Waals surface area contributed by atoms with Crippen LogP contribution in [0.25, 0.3) is 0 Å². The lowest BCUT2D eigenvalue weighted by molar-refractivity contribution is 0.0868. The molecule has 2 fully saturated rings. The van der Waals surface area contributed by atoms with Gasteiger partial charge in [0.1, 0.15) is 12.4 Å². The van der Waals surface area contributed by atoms with Crippen molar-refractivity contribution in [2.75, 3.05) is 40.0 Å². The van der Waals surface area contributed by atoms with Gasteiger partial charge in [0, 0.05) is 25.3 Å². The average Bonchev–Trinajstić information content (AvgIpc) is 2.72. The first-order valence-corrected chi connectivity index (χ1v) is 10.9. The Balaban J connectivity index is 1.52. The van der Waals surface area contributed by atoms with Gasteiger partial charge < -0.3 is 19.7 Å². The third-order valence-corrected chi connectivity index (χ3v) is 6.27. The predicted molar refractivity (Wildman–Crippen MR) is 112 cm³/mol. The van der Waals surface area contributed by atoms with Crippen molar-refractivity contribution in [1.29, 1.82) is 0 Å². The Hall–Kier alpha value is -1.59. The van der Waals surface area contributed by atoms with Crippen LogP contribution in [0.2, 0.25) is 0 Å². The second-order valence-electron chi connectivity index (χ2n) is 8.47. The van der Waals surface area contributed by atoms with E-state index >= 15 is 0 Å². The number of carbonyl (C=O) groups excluding carboxylic acids is 1. The van der Waals surface area contributed by atoms with Crippen molar-refractivity contribution in [3.8, 4) is 5.75 Å². The topological polar surface area (TPSA) is 50.8 Å². The van der Waals surface area contributed by atoms with Gasteiger partial charge in [0.15, 0.2) is 0 Å². The number of rotatable bonds is 8. The number of benzene rings is 1. The Kier molecular flexibility index (Phi) is 8.16. The van der Waals surface area contributed by atoms with Crippen molar-refractivity contribution in [3.63, 3.8) is 0 Å². The van der Waals surface area contributed by atoms with Crippen LogP contribution in [-0.4, -0.2) is 56.8 Å². The number of nitrogens with zero attached hydrogens (tertiary/aromatic N) is 1. The number of nitrogens with one attached hydrogen (secondary N) is 1. The molecule has 156 valence electrons. The van der Waals surface area contributed by atoms with Crippen LogP contribution in [0.15, 0.2) is 24.3 Å². The molecular weight excluding hydrogens is 352 g/mol. The molecule has 1 aromatic carbocycles. The Morgan fingerprint density at radius 1 is 1.07 bits per heavy atom. The first kappa shape index (κ1) is 21.1. The fourth-order valence-electron chi connectivity index (χ4n) is 4.39. The summed E-state index contributed by atoms with van der Waals surface area (Å²) in [5, 5.41) is 3.33. The Labute approximate surface area is 169 Å². The fourth-order valence-corrected chi connectivity index (χ4v) is 4.39. The molecule has 0 radical (unpaired) electrons. The molecular formula is C23H36N2O3. The number of methoxy groups -OCH3 is 1. The number of ether oxygens (including phenoxy) is 2. The third kappa shape index (κ3) is 6.21. The van der Waals surface area contributed by atoms with E-state index in [2.05, 4.69) is 17.1 Å². The molecule has 1 aliphatic carbocycles. The van der Waals surface area contributed by atoms with E-state index < -0.39 is 0 Å². The van der Waals surface area contributed by atoms with Crippen LogP contribution >= 0.6 is 0 Å². The maximum absolute atomic E-state index is 12.8. The Morgan fingerprint density at radius 2 is 1.79 bits per heavy atom. The number of hydrogen-bond donors (Lipinski definition) is 1. The predicted octanol–water partition coefficient (Wildman–Crippen LogP) is 3.73. The summed E-state index contributed by atoms with van der Waals surface area (Å²) >= 11 is 0. The third-order valence-electron chi connectivity index (χ3n) is 6.27. The zero-order valence-corrected chi connectivity index (χ0v) is 17.5. The van der Waals surface area contributed by atoms with E-state index in [0.29, 0.717) is 30.7 Å². The van der Waals surface area contributed by atoms with Crippen molar-refractivity contribution in [3.05, 3.63) is 29.8 Å². The van der Waals surface area contributed by atoms with E-state index in [0.717, 1.165) is 24.6 Å². The van der Waals surface area contributed by atoms with Gasteiger partial charge in [-0.3, -0.25) is 4.79 Å². The van der Waals surface area contributed by atoms with Gasteiger partial charge in [0.25, 0.3) is 5.91 Å². The van der Waals surface area contributed by atoms with Crippen LogP contribution in [0.1, 0.15) is 55.8 Å². The summed E-state index contributed by atoms with van der Waals surface area (Å²) in [5.41, 5.74) is 0.704. The van der Waals surface area contributed by atoms with E-state index in [1.165, 1.54) is 45.2 Å². The lowest BCUT2D eigenvalue weighted by atomic mass is 9.83. The summed E-state index contributed by atoms with van der Waals surface area (Å²) in [6, 6.07) is 7.71. The molecule has 1 N–H and O–H groups in total. The van der Waals surface area contributed by atoms with Gasteiger partial charge in [0.2, 0.25) is 0 Å². The van der Waals surface area contributed by atoms with Crippen LogP contribution < -0.4 is 10.1 Å². The van der Waals surface area contributed by atoms with Gasteiger partial charge in [-0.1, -0.05) is 19.8 Å². The Morgan fingerprint density at radius 3 is 2.50 bits per heavy atom. The quantitative estimate of drug-likeness (QED) is 0.690. The molecule has 3 rings (SSSR count). The largest absolute Gasteiger partial charge is 0.491 e. The van der Waals surface area contributed by atoms with Gasteiger partial charge in [0.05, 0.1) is 6.61 Å². The minimum Gasteiger partial charge on any atom is -0.491 e. The van der Waals surface area contributed by atoms with E-state index in [-0.39, 0.29) is 5.91 Å². The smallest absolute Gasteiger partial charge is 0.251 e. The van der Waals surface area contributed by atoms with Crippen LogP contribution in [0.4, 0.5) is 0 Å². The molecule has 2 aliphatic rings. The molecule has 1 aromatic rings. The molecule has 5 nitrogen and oxygen atoms in total. The standard InChI is InChI=1S/C23H36N2O3/c1-18-11-13-25(14-12-18)17-20-5-3-4-6-22(20)24-23(26)19-7-9-21(10-8-19)28-16-15-27-2/h7-10,18,20,22H,3-6,11-17H2,1-2H3,(H,24,26)/t20-,22+/m0/s1. The van der Waals surface area contributed by atoms with E-state index in [1.807, 2.05) is 24.3 Å². The summed E-state index contributed by atoms with van der Waals surface area (Å²) in [4.78, 5) is 15.4. The second kappa shape index (κ2) is 10.8. The van der Waals surface area contributed by atoms with Crippen LogP contribution in [0, 0.1) is 11.8 Å². The lowest BCUT2D eigenvalue weighted by Gasteiger charge is -2.38. The van der Waals surface area contributed by atoms with Crippen molar-refractivity contribution in [1.82, 2.24) is 10.2 Å². The molecule has 0 aromatic heterocycles. The van der Waals surface area contributed by atoms with Gasteiger partial charge in [-0.25, -0.2) is 0 Å². The lowest BCUT2D eigenvalue weighted by Crippen LogP contribution is -2.47. The summed E-state index contributed by atoms with van der Waals surface area (Å²) in [5.74, 6) is 2.23. The molecule has 1 heterocycles. The monoisotopic (exact) mass is 388 g/mol. The first-order chi connectivity index (χ1) is 13.7. The number of amides is 1. The molecule has 0 unspecified atom stereocenters. The summed E-state index contributed by atoms with van der Waals surface area (Å²) in [6.45, 7) is 6.98. The highest BCUT2D eigenvalue weighted by Gasteiger charge is 2.29. The Bertz CT molecular complexity index is 596. The number of carbonyl (C=O) groups is 1. The molecule has 1 saturated carbocycles. The summed E-state index contributed by atoms with van der Waals surface area (Å²) in [6.07, 6.45) is 7.44. The number of hydrogen-bond acceptors (Lipinski definition) is 4. The average molecular weight is 389 g/mol. The van der Waals surface area contributed by atoms with Crippen LogP contribution in [-0.2, 0) is 4.74 Å². The summed E-state index contributed by atoms with van der Waals surface area (Å²) < 4.78 is 10.6. The zero-order chi connectivity index (χ0) is 19.8. The van der Waals surface area contributed by atoms with Crippen molar-refractivity contribution in [2.45, 2.75) is 51.5 Å². The highest BCUT2D eigenvalue weighted by Crippen LogP contribution is 2.27. The molecule has 28 heavy (non-hydrogen) atoms. The van der Waals surface area contributed by atoms with Crippen LogP contribution in [0.3, 0.4) is 0 Å². The molecule has 2 atom stereocenters. The molecule has 0 spiro atoms. The molecule has 1 aliphatic heterocycles. The molecule has 0 bridgehead atoms. The molecule has 5 heteroatoms. The highest BCUT2D eigenvalue weighted by molar-refractivity contribution is 5.94. The van der Waals surface area contributed by atoms with E-state index in [1.54, 1.807) is 7.11 Å². The normalized spacial score (nSPS) is 24.1. The minimum atomic E-state index is 0.0348. The molecule has 1 amide bonds. The zero-order valence-electron chi connectivity index (χ0n) is 17.5. The van der Waals surface area contributed by atoms with Gasteiger partial charge in [-0.2, -0.15) is 0 Å². The molecule has 1 saturated heterocycles. The fraction of sp³-hybridized carbons (Fsp3) is 0.696. The maximum atomic E-state index is 12.8. The van der Waals surface area contributed by atoms with Crippen molar-refractivity contribution < 1.29 is 14.3 Å². The van der Waals surface area contributed by atoms with Crippen molar-refractivity contribution in [2.24, 2.45) is 11.8 Å². The number of likely N-dealkylation sites (tertiary alicyclic amines) is 1. The van der Waals surface area contributed by atoms with Crippen molar-refractivity contribution >= 4 is 5.91 Å². The SMILES string of the molecule is COCCOc1ccc(C(=O)N[C@@H]2CCCC[C@H]2CN2CCC(C)CC2)cc1. The summed E-state index contributed by atoms with van der Waals surface area (Å²) in [7, 11) is 1.65. The second-order valence-corrected chi connectivity index (χ2v) is 8.47. The van der Waals surface area contributed by atoms with E-state index in [9.17, 15) is 4.79 Å². The highest BCUT2D eigenvalue weighted by atomic mass is 16.5.